The van der Waals surface area contributed by atoms with E-state index in [9.17, 15) is 13.2 Å². The number of hydrogen-bond acceptors (Lipinski definition) is 1. The van der Waals surface area contributed by atoms with Crippen molar-refractivity contribution in [1.29, 1.82) is 0 Å². The molecule has 1 aromatic carbocycles. The first-order valence-corrected chi connectivity index (χ1v) is 6.36. The van der Waals surface area contributed by atoms with Gasteiger partial charge >= 0.3 is 0 Å². The minimum absolute atomic E-state index is 0.127. The highest BCUT2D eigenvalue weighted by Crippen LogP contribution is 2.17. The van der Waals surface area contributed by atoms with Crippen molar-refractivity contribution >= 4 is 27.5 Å². The van der Waals surface area contributed by atoms with E-state index in [-0.39, 0.29) is 12.4 Å². The van der Waals surface area contributed by atoms with Crippen LogP contribution in [0.1, 0.15) is 5.56 Å². The Hall–Kier alpha value is -0.260. The molecule has 0 aliphatic heterocycles. The molecule has 17 heavy (non-hydrogen) atoms. The molecule has 6 heteroatoms. The van der Waals surface area contributed by atoms with Crippen LogP contribution in [0.25, 0.3) is 0 Å². The van der Waals surface area contributed by atoms with Gasteiger partial charge in [-0.1, -0.05) is 15.9 Å². The van der Waals surface area contributed by atoms with Crippen molar-refractivity contribution < 1.29 is 13.2 Å². The van der Waals surface area contributed by atoms with E-state index in [2.05, 4.69) is 15.9 Å². The van der Waals surface area contributed by atoms with Crippen molar-refractivity contribution in [2.45, 2.75) is 13.0 Å². The normalized spacial score (nSPS) is 11.5. The summed E-state index contributed by atoms with van der Waals surface area (Å²) in [5.74, 6) is -0.162. The molecule has 0 radical (unpaired) electrons. The largest absolute Gasteiger partial charge is 0.292 e. The van der Waals surface area contributed by atoms with Crippen molar-refractivity contribution in [3.63, 3.8) is 0 Å². The Morgan fingerprint density at radius 3 is 2.65 bits per heavy atom. The molecule has 1 rings (SSSR count). The average molecular weight is 331 g/mol. The van der Waals surface area contributed by atoms with Gasteiger partial charge in [-0.15, -0.1) is 11.6 Å². The van der Waals surface area contributed by atoms with Crippen molar-refractivity contribution in [2.24, 2.45) is 0 Å². The van der Waals surface area contributed by atoms with E-state index < -0.39 is 18.8 Å². The van der Waals surface area contributed by atoms with Crippen LogP contribution in [0.3, 0.4) is 0 Å². The molecule has 1 nitrogen and oxygen atoms in total. The van der Waals surface area contributed by atoms with Gasteiger partial charge in [-0.05, 0) is 18.2 Å². The summed E-state index contributed by atoms with van der Waals surface area (Å²) in [6.07, 6.45) is -2.45. The first kappa shape index (κ1) is 14.8. The predicted octanol–water partition coefficient (Wildman–Crippen LogP) is 3.89. The highest BCUT2D eigenvalue weighted by molar-refractivity contribution is 9.10. The molecule has 0 aromatic heterocycles. The summed E-state index contributed by atoms with van der Waals surface area (Å²) in [5.41, 5.74) is 0.380. The van der Waals surface area contributed by atoms with Crippen LogP contribution in [0, 0.1) is 5.82 Å². The second-order valence-electron chi connectivity index (χ2n) is 3.55. The quantitative estimate of drug-likeness (QED) is 0.715. The van der Waals surface area contributed by atoms with Gasteiger partial charge in [0.15, 0.2) is 0 Å². The maximum Gasteiger partial charge on any atom is 0.251 e. The van der Waals surface area contributed by atoms with Gasteiger partial charge in [0.05, 0.1) is 6.54 Å². The molecule has 96 valence electrons. The minimum Gasteiger partial charge on any atom is -0.292 e. The fourth-order valence-corrected chi connectivity index (χ4v) is 2.10. The van der Waals surface area contributed by atoms with Crippen LogP contribution in [0.2, 0.25) is 0 Å². The molecule has 1 aromatic rings. The number of benzene rings is 1. The van der Waals surface area contributed by atoms with Gasteiger partial charge in [-0.25, -0.2) is 13.2 Å². The molecule has 0 fully saturated rings. The van der Waals surface area contributed by atoms with E-state index in [4.69, 9.17) is 11.6 Å². The number of nitrogens with zero attached hydrogens (tertiary/aromatic N) is 1. The Bertz CT molecular complexity index is 363. The summed E-state index contributed by atoms with van der Waals surface area (Å²) in [7, 11) is 0. The monoisotopic (exact) mass is 329 g/mol. The van der Waals surface area contributed by atoms with Crippen LogP contribution >= 0.6 is 27.5 Å². The molecule has 0 unspecified atom stereocenters. The van der Waals surface area contributed by atoms with E-state index in [0.717, 1.165) is 4.47 Å². The SMILES string of the molecule is Fc1ccc(Br)cc1CN(CCCl)CC(F)F. The molecule has 0 aliphatic rings. The highest BCUT2D eigenvalue weighted by Gasteiger charge is 2.14. The van der Waals surface area contributed by atoms with Crippen LogP contribution in [-0.4, -0.2) is 30.3 Å². The van der Waals surface area contributed by atoms with E-state index in [1.807, 2.05) is 0 Å². The summed E-state index contributed by atoms with van der Waals surface area (Å²) in [6.45, 7) is 0.0266. The molecule has 0 aliphatic carbocycles. The molecular weight excluding hydrogens is 318 g/mol. The molecule has 0 saturated heterocycles. The maximum absolute atomic E-state index is 13.4. The maximum atomic E-state index is 13.4. The molecule has 0 amide bonds. The Kier molecular flexibility index (Phi) is 6.30. The Morgan fingerprint density at radius 1 is 1.35 bits per heavy atom. The number of hydrogen-bond donors (Lipinski definition) is 0. The molecule has 0 atom stereocenters. The van der Waals surface area contributed by atoms with E-state index in [1.54, 1.807) is 12.1 Å². The Balaban J connectivity index is 2.74. The number of rotatable bonds is 6. The summed E-state index contributed by atoms with van der Waals surface area (Å²) < 4.78 is 38.8. The topological polar surface area (TPSA) is 3.24 Å². The van der Waals surface area contributed by atoms with Crippen LogP contribution in [0.5, 0.6) is 0 Å². The van der Waals surface area contributed by atoms with Crippen LogP contribution in [0.4, 0.5) is 13.2 Å². The van der Waals surface area contributed by atoms with Crippen LogP contribution in [-0.2, 0) is 6.54 Å². The summed E-state index contributed by atoms with van der Waals surface area (Å²) in [4.78, 5) is 1.43. The molecule has 0 bridgehead atoms. The van der Waals surface area contributed by atoms with Gasteiger partial charge in [0.25, 0.3) is 6.43 Å². The third-order valence-electron chi connectivity index (χ3n) is 2.20. The second kappa shape index (κ2) is 7.24. The lowest BCUT2D eigenvalue weighted by Crippen LogP contribution is -2.30. The Morgan fingerprint density at radius 2 is 2.06 bits per heavy atom. The summed E-state index contributed by atoms with van der Waals surface area (Å²) in [6, 6.07) is 4.46. The standard InChI is InChI=1S/C11H12BrClF3N/c12-9-1-2-10(14)8(5-9)6-17(4-3-13)7-11(15)16/h1-2,5,11H,3-4,6-7H2. The van der Waals surface area contributed by atoms with Gasteiger partial charge in [0.1, 0.15) is 5.82 Å². The lowest BCUT2D eigenvalue weighted by atomic mass is 10.2. The van der Waals surface area contributed by atoms with Crippen molar-refractivity contribution in [1.82, 2.24) is 4.90 Å². The zero-order valence-corrected chi connectivity index (χ0v) is 11.3. The van der Waals surface area contributed by atoms with Crippen molar-refractivity contribution in [3.8, 4) is 0 Å². The smallest absolute Gasteiger partial charge is 0.251 e. The fraction of sp³-hybridized carbons (Fsp3) is 0.455. The van der Waals surface area contributed by atoms with Gasteiger partial charge in [0, 0.05) is 29.0 Å². The van der Waals surface area contributed by atoms with Crippen molar-refractivity contribution in [2.75, 3.05) is 19.0 Å². The third-order valence-corrected chi connectivity index (χ3v) is 2.86. The van der Waals surface area contributed by atoms with E-state index in [0.29, 0.717) is 12.1 Å². The molecule has 0 N–H and O–H groups in total. The average Bonchev–Trinajstić information content (AvgIpc) is 2.23. The van der Waals surface area contributed by atoms with Gasteiger partial charge in [-0.3, -0.25) is 4.90 Å². The zero-order valence-electron chi connectivity index (χ0n) is 8.97. The van der Waals surface area contributed by atoms with Gasteiger partial charge in [0.2, 0.25) is 0 Å². The minimum atomic E-state index is -2.45. The molecule has 0 saturated carbocycles. The van der Waals surface area contributed by atoms with Gasteiger partial charge in [-0.2, -0.15) is 0 Å². The first-order chi connectivity index (χ1) is 8.02. The van der Waals surface area contributed by atoms with Gasteiger partial charge < -0.3 is 0 Å². The van der Waals surface area contributed by atoms with Crippen LogP contribution in [0.15, 0.2) is 22.7 Å². The highest BCUT2D eigenvalue weighted by atomic mass is 79.9. The fourth-order valence-electron chi connectivity index (χ4n) is 1.45. The molecular formula is C11H12BrClF3N. The first-order valence-electron chi connectivity index (χ1n) is 5.03. The predicted molar refractivity (Wildman–Crippen MR) is 66.1 cm³/mol. The third kappa shape index (κ3) is 5.27. The zero-order chi connectivity index (χ0) is 12.8. The lowest BCUT2D eigenvalue weighted by Gasteiger charge is -2.21. The number of halogens is 5. The van der Waals surface area contributed by atoms with Crippen LogP contribution < -0.4 is 0 Å². The Labute approximate surface area is 112 Å². The summed E-state index contributed by atoms with van der Waals surface area (Å²) in [5, 5.41) is 0. The van der Waals surface area contributed by atoms with E-state index in [1.165, 1.54) is 11.0 Å². The molecule has 0 spiro atoms. The summed E-state index contributed by atoms with van der Waals surface area (Å²) >= 11 is 8.74. The lowest BCUT2D eigenvalue weighted by molar-refractivity contribution is 0.0873. The number of alkyl halides is 3. The van der Waals surface area contributed by atoms with Crippen molar-refractivity contribution in [3.05, 3.63) is 34.1 Å². The molecule has 0 heterocycles. The van der Waals surface area contributed by atoms with E-state index >= 15 is 0 Å². The second-order valence-corrected chi connectivity index (χ2v) is 4.84.